The molecule has 0 unspecified atom stereocenters. The molecule has 1 saturated carbocycles. The van der Waals surface area contributed by atoms with Crippen LogP contribution < -0.4 is 33.2 Å². The second-order valence-electron chi connectivity index (χ2n) is 21.7. The molecular formula is C64H56Cl3F3N12O6. The molecule has 6 amide bonds. The smallest absolute Gasteiger partial charge is 0.255 e. The highest BCUT2D eigenvalue weighted by atomic mass is 35.5. The Kier molecular flexibility index (Phi) is 18.3. The van der Waals surface area contributed by atoms with Gasteiger partial charge in [0.1, 0.15) is 28.8 Å². The van der Waals surface area contributed by atoms with Crippen molar-refractivity contribution in [2.24, 2.45) is 23.1 Å². The van der Waals surface area contributed by atoms with Gasteiger partial charge < -0.3 is 33.2 Å². The minimum absolute atomic E-state index is 0.00993. The topological polar surface area (TPSA) is 281 Å². The predicted octanol–water partition coefficient (Wildman–Crippen LogP) is 11.5. The quantitative estimate of drug-likeness (QED) is 0.0320. The molecule has 18 nitrogen and oxygen atoms in total. The Morgan fingerprint density at radius 3 is 1.52 bits per heavy atom. The number of hydrogen-bond acceptors (Lipinski definition) is 9. The van der Waals surface area contributed by atoms with Gasteiger partial charge >= 0.3 is 0 Å². The van der Waals surface area contributed by atoms with Crippen molar-refractivity contribution in [1.29, 1.82) is 0 Å². The van der Waals surface area contributed by atoms with Gasteiger partial charge in [-0.05, 0) is 121 Å². The number of nitrogens with one attached hydrogen (secondary N) is 4. The van der Waals surface area contributed by atoms with Crippen LogP contribution in [0.25, 0.3) is 56.0 Å². The second kappa shape index (κ2) is 26.2. The van der Waals surface area contributed by atoms with Gasteiger partial charge in [-0.2, -0.15) is 15.3 Å². The summed E-state index contributed by atoms with van der Waals surface area (Å²) in [5.41, 5.74) is 19.9. The fourth-order valence-electron chi connectivity index (χ4n) is 10.3. The highest BCUT2D eigenvalue weighted by molar-refractivity contribution is 6.34. The molecule has 10 N–H and O–H groups in total. The predicted molar refractivity (Wildman–Crippen MR) is 327 cm³/mol. The number of H-pyrrole nitrogens is 1. The van der Waals surface area contributed by atoms with E-state index in [1.54, 1.807) is 77.6 Å². The van der Waals surface area contributed by atoms with E-state index in [4.69, 9.17) is 52.0 Å². The van der Waals surface area contributed by atoms with Gasteiger partial charge in [0.05, 0.1) is 66.0 Å². The van der Waals surface area contributed by atoms with Crippen LogP contribution in [0.15, 0.2) is 140 Å². The number of hydrogen-bond donors (Lipinski definition) is 7. The van der Waals surface area contributed by atoms with Gasteiger partial charge in [0.15, 0.2) is 0 Å². The number of nitrogens with zero attached hydrogens (tertiary/aromatic N) is 5. The van der Waals surface area contributed by atoms with E-state index in [0.29, 0.717) is 56.4 Å². The lowest BCUT2D eigenvalue weighted by Gasteiger charge is -2.20. The highest BCUT2D eigenvalue weighted by Crippen LogP contribution is 2.39. The number of nitrogens with two attached hydrogens (primary N) is 3. The van der Waals surface area contributed by atoms with E-state index in [9.17, 15) is 33.2 Å². The average Bonchev–Trinajstić information content (AvgIpc) is 1.92. The second-order valence-corrected chi connectivity index (χ2v) is 22.9. The number of carbonyl (C=O) groups is 6. The monoisotopic (exact) mass is 1250 g/mol. The standard InChI is InChI=1S/C64H56Cl3F3N12O6/c1-32(2)82-31-47(61(80-82)44-19-13-35(24-52(44)70)41-16-14-37(21-48(41)66)54(26-57(72)84)75-62(86)45-28-74-78-59(45)42-8-3-4-9-50(42)68)64(88)77-55(27-58(73)85)38-15-17-40(49(67)22-38)34-12-18-43(51(69)23-34)60-46(30-81(79-60)29-33-10-11-33)63(87)76-53(25-56(71)83)36-6-5-7-39(65)20-36/h3-9,12-24,28,30-33,53-55H,10-11,25-27,29H2,1-2H3,(H2,71,83)(H2,72,84)(H2,73,85)(H,74,78)(H,75,86)(H,76,87)(H,77,88)/t53-,54-,55-/m0/s1. The molecule has 450 valence electrons. The van der Waals surface area contributed by atoms with Crippen LogP contribution in [0.1, 0.15) is 118 Å². The van der Waals surface area contributed by atoms with Crippen molar-refractivity contribution in [3.05, 3.63) is 206 Å². The molecule has 0 spiro atoms. The molecule has 3 atom stereocenters. The summed E-state index contributed by atoms with van der Waals surface area (Å²) in [6, 6.07) is 27.2. The maximum Gasteiger partial charge on any atom is 0.255 e. The first kappa shape index (κ1) is 61.5. The van der Waals surface area contributed by atoms with Crippen molar-refractivity contribution in [1.82, 2.24) is 45.7 Å². The van der Waals surface area contributed by atoms with Gasteiger partial charge in [0.2, 0.25) is 17.7 Å². The van der Waals surface area contributed by atoms with Gasteiger partial charge in [-0.15, -0.1) is 0 Å². The zero-order chi connectivity index (χ0) is 62.7. The number of carbonyl (C=O) groups excluding carboxylic acids is 6. The summed E-state index contributed by atoms with van der Waals surface area (Å²) < 4.78 is 51.0. The largest absolute Gasteiger partial charge is 0.370 e. The highest BCUT2D eigenvalue weighted by Gasteiger charge is 2.30. The Labute approximate surface area is 516 Å². The number of benzene rings is 6. The van der Waals surface area contributed by atoms with Crippen LogP contribution >= 0.6 is 34.8 Å². The summed E-state index contributed by atoms with van der Waals surface area (Å²) in [7, 11) is 0. The maximum absolute atomic E-state index is 16.6. The molecule has 6 aromatic carbocycles. The van der Waals surface area contributed by atoms with Crippen molar-refractivity contribution in [2.75, 3.05) is 0 Å². The van der Waals surface area contributed by atoms with E-state index in [2.05, 4.69) is 36.3 Å². The molecule has 88 heavy (non-hydrogen) atoms. The zero-order valence-corrected chi connectivity index (χ0v) is 49.4. The van der Waals surface area contributed by atoms with E-state index in [0.717, 1.165) is 12.8 Å². The van der Waals surface area contributed by atoms with Crippen LogP contribution in [-0.2, 0) is 20.9 Å². The Morgan fingerprint density at radius 1 is 0.557 bits per heavy atom. The van der Waals surface area contributed by atoms with Gasteiger partial charge in [0.25, 0.3) is 17.7 Å². The summed E-state index contributed by atoms with van der Waals surface area (Å²) in [6.07, 6.45) is 5.26. The summed E-state index contributed by atoms with van der Waals surface area (Å²) in [6.45, 7) is 4.14. The summed E-state index contributed by atoms with van der Waals surface area (Å²) in [5.74, 6) is -5.94. The molecule has 3 aromatic heterocycles. The molecule has 1 aliphatic rings. The number of primary amides is 3. The van der Waals surface area contributed by atoms with Crippen molar-refractivity contribution < 1.29 is 41.9 Å². The third-order valence-electron chi connectivity index (χ3n) is 14.9. The molecule has 0 bridgehead atoms. The minimum atomic E-state index is -1.07. The first-order chi connectivity index (χ1) is 42.1. The van der Waals surface area contributed by atoms with E-state index >= 15 is 8.78 Å². The van der Waals surface area contributed by atoms with Crippen LogP contribution in [0.3, 0.4) is 0 Å². The van der Waals surface area contributed by atoms with Crippen molar-refractivity contribution in [3.8, 4) is 56.0 Å². The SMILES string of the molecule is CC(C)n1cc(C(=O)N[C@@H](CC(N)=O)c2ccc(-c3ccc(-c4nn(CC5CC5)cc4C(=O)N[C@@H](CC(N)=O)c4cccc(Cl)c4)c(F)c3)c(Cl)c2)c(-c2ccc(-c3ccc([C@H](CC(N)=O)NC(=O)c4cn[nH]c4-c4ccccc4F)cc3Cl)cc2F)n1. The number of aromatic nitrogens is 6. The summed E-state index contributed by atoms with van der Waals surface area (Å²) in [4.78, 5) is 79.2. The van der Waals surface area contributed by atoms with E-state index in [1.807, 2.05) is 13.8 Å². The molecule has 0 saturated heterocycles. The third-order valence-corrected chi connectivity index (χ3v) is 15.8. The fourth-order valence-corrected chi connectivity index (χ4v) is 11.1. The Morgan fingerprint density at radius 2 is 1.05 bits per heavy atom. The Balaban J connectivity index is 0.875. The molecule has 0 radical (unpaired) electrons. The fraction of sp³-hybridized carbons (Fsp3) is 0.203. The maximum atomic E-state index is 16.6. The van der Waals surface area contributed by atoms with Crippen LogP contribution in [-0.4, -0.2) is 65.2 Å². The van der Waals surface area contributed by atoms with Crippen molar-refractivity contribution >= 4 is 70.2 Å². The molecule has 24 heteroatoms. The number of aromatic amines is 1. The first-order valence-electron chi connectivity index (χ1n) is 27.8. The van der Waals surface area contributed by atoms with Gasteiger partial charge in [-0.1, -0.05) is 95.5 Å². The number of halogens is 6. The van der Waals surface area contributed by atoms with Crippen molar-refractivity contribution in [2.45, 2.75) is 76.7 Å². The van der Waals surface area contributed by atoms with Crippen LogP contribution in [0.4, 0.5) is 13.2 Å². The Hall–Kier alpha value is -9.57. The Bertz CT molecular complexity index is 4220. The first-order valence-corrected chi connectivity index (χ1v) is 28.9. The molecule has 1 fully saturated rings. The van der Waals surface area contributed by atoms with Crippen LogP contribution in [0.5, 0.6) is 0 Å². The van der Waals surface area contributed by atoms with E-state index in [-0.39, 0.29) is 85.8 Å². The lowest BCUT2D eigenvalue weighted by atomic mass is 9.96. The molecule has 3 heterocycles. The van der Waals surface area contributed by atoms with Crippen LogP contribution in [0.2, 0.25) is 15.1 Å². The zero-order valence-electron chi connectivity index (χ0n) is 47.1. The lowest BCUT2D eigenvalue weighted by Crippen LogP contribution is -2.32. The summed E-state index contributed by atoms with van der Waals surface area (Å²) in [5, 5.41) is 25.0. The molecule has 10 rings (SSSR count). The van der Waals surface area contributed by atoms with E-state index < -0.39 is 71.0 Å². The summed E-state index contributed by atoms with van der Waals surface area (Å²) >= 11 is 20.0. The number of amides is 6. The third kappa shape index (κ3) is 14.0. The normalized spacial score (nSPS) is 13.2. The lowest BCUT2D eigenvalue weighted by molar-refractivity contribution is -0.119. The molecule has 0 aliphatic heterocycles. The van der Waals surface area contributed by atoms with Crippen LogP contribution in [0, 0.1) is 23.4 Å². The molecular weight excluding hydrogens is 1200 g/mol. The number of rotatable bonds is 23. The molecule has 9 aromatic rings. The van der Waals surface area contributed by atoms with Gasteiger partial charge in [0, 0.05) is 67.9 Å². The van der Waals surface area contributed by atoms with Crippen molar-refractivity contribution in [3.63, 3.8) is 0 Å². The van der Waals surface area contributed by atoms with E-state index in [1.165, 1.54) is 71.7 Å². The average molecular weight is 1250 g/mol. The molecule has 1 aliphatic carbocycles. The van der Waals surface area contributed by atoms with Gasteiger partial charge in [-0.3, -0.25) is 43.2 Å². The minimum Gasteiger partial charge on any atom is -0.370 e. The van der Waals surface area contributed by atoms with Gasteiger partial charge in [-0.25, -0.2) is 13.2 Å².